The zero-order chi connectivity index (χ0) is 18.1. The molecule has 5 nitrogen and oxygen atoms in total. The van der Waals surface area contributed by atoms with Crippen LogP contribution in [0, 0.1) is 0 Å². The number of hydrogen-bond acceptors (Lipinski definition) is 5. The second-order valence-corrected chi connectivity index (χ2v) is 8.29. The molecule has 0 spiro atoms. The number of rotatable bonds is 7. The van der Waals surface area contributed by atoms with Gasteiger partial charge in [0.25, 0.3) is 0 Å². The normalized spacial score (nSPS) is 16.1. The van der Waals surface area contributed by atoms with Crippen LogP contribution >= 0.6 is 11.3 Å². The molecule has 0 aromatic carbocycles. The smallest absolute Gasteiger partial charge is 0.407 e. The molecular formula is C19H30N2O3S. The maximum absolute atomic E-state index is 11.5. The highest BCUT2D eigenvalue weighted by Crippen LogP contribution is 2.24. The number of nitrogens with one attached hydrogen (secondary N) is 1. The Kier molecular flexibility index (Phi) is 7.78. The zero-order valence-electron chi connectivity index (χ0n) is 15.5. The molecule has 0 radical (unpaired) electrons. The number of ether oxygens (including phenoxy) is 2. The van der Waals surface area contributed by atoms with Crippen molar-refractivity contribution >= 4 is 17.4 Å². The maximum atomic E-state index is 11.5. The molecule has 0 atom stereocenters. The second kappa shape index (κ2) is 9.82. The van der Waals surface area contributed by atoms with Crippen LogP contribution in [-0.2, 0) is 11.3 Å². The monoisotopic (exact) mass is 366 g/mol. The largest absolute Gasteiger partial charge is 0.464 e. The SMILES string of the molecule is CC(C)(C)OC(=O)NCC/C=C\Oc1csc(CN2CCCCC2)c1. The van der Waals surface area contributed by atoms with Gasteiger partial charge in [-0.05, 0) is 65.3 Å². The number of thiophene rings is 1. The quantitative estimate of drug-likeness (QED) is 0.568. The summed E-state index contributed by atoms with van der Waals surface area (Å²) in [4.78, 5) is 15.3. The minimum absolute atomic E-state index is 0.387. The van der Waals surface area contributed by atoms with Crippen LogP contribution < -0.4 is 10.1 Å². The van der Waals surface area contributed by atoms with Crippen LogP contribution in [0.15, 0.2) is 23.8 Å². The third-order valence-corrected chi connectivity index (χ3v) is 4.64. The van der Waals surface area contributed by atoms with Crippen molar-refractivity contribution in [3.05, 3.63) is 28.7 Å². The van der Waals surface area contributed by atoms with Gasteiger partial charge in [-0.15, -0.1) is 11.3 Å². The van der Waals surface area contributed by atoms with E-state index in [1.165, 1.54) is 37.2 Å². The predicted molar refractivity (Wildman–Crippen MR) is 102 cm³/mol. The summed E-state index contributed by atoms with van der Waals surface area (Å²) in [5.41, 5.74) is -0.464. The fourth-order valence-electron chi connectivity index (χ4n) is 2.61. The Balaban J connectivity index is 1.61. The number of likely N-dealkylation sites (tertiary alicyclic amines) is 1. The van der Waals surface area contributed by atoms with Crippen molar-refractivity contribution in [1.82, 2.24) is 10.2 Å². The molecule has 0 unspecified atom stereocenters. The van der Waals surface area contributed by atoms with Crippen LogP contribution in [0.3, 0.4) is 0 Å². The fourth-order valence-corrected chi connectivity index (χ4v) is 3.44. The van der Waals surface area contributed by atoms with Gasteiger partial charge in [0.15, 0.2) is 0 Å². The summed E-state index contributed by atoms with van der Waals surface area (Å²) in [5.74, 6) is 0.883. The third-order valence-electron chi connectivity index (χ3n) is 3.74. The molecule has 0 aliphatic carbocycles. The average molecular weight is 367 g/mol. The summed E-state index contributed by atoms with van der Waals surface area (Å²) in [6.45, 7) is 9.51. The Bertz CT molecular complexity index is 557. The van der Waals surface area contributed by atoms with Gasteiger partial charge in [0.1, 0.15) is 11.4 Å². The lowest BCUT2D eigenvalue weighted by atomic mass is 10.1. The number of amides is 1. The standard InChI is InChI=1S/C19H30N2O3S/c1-19(2,3)24-18(22)20-9-5-8-12-23-16-13-17(25-15-16)14-21-10-6-4-7-11-21/h8,12-13,15H,4-7,9-11,14H2,1-3H3,(H,20,22)/b12-8-. The zero-order valence-corrected chi connectivity index (χ0v) is 16.4. The van der Waals surface area contributed by atoms with Crippen molar-refractivity contribution in [3.8, 4) is 5.75 Å². The minimum atomic E-state index is -0.464. The summed E-state index contributed by atoms with van der Waals surface area (Å²) < 4.78 is 10.8. The molecule has 1 amide bonds. The van der Waals surface area contributed by atoms with E-state index < -0.39 is 5.60 Å². The molecule has 2 rings (SSSR count). The Hall–Kier alpha value is -1.53. The molecule has 140 valence electrons. The average Bonchev–Trinajstić information content (AvgIpc) is 2.97. The molecule has 0 bridgehead atoms. The molecule has 1 aromatic heterocycles. The van der Waals surface area contributed by atoms with Crippen LogP contribution in [0.1, 0.15) is 51.3 Å². The lowest BCUT2D eigenvalue weighted by molar-refractivity contribution is 0.0529. The van der Waals surface area contributed by atoms with Gasteiger partial charge in [0, 0.05) is 23.3 Å². The first kappa shape index (κ1) is 19.8. The van der Waals surface area contributed by atoms with Crippen molar-refractivity contribution in [1.29, 1.82) is 0 Å². The molecule has 2 heterocycles. The number of hydrogen-bond donors (Lipinski definition) is 1. The van der Waals surface area contributed by atoms with Crippen LogP contribution in [-0.4, -0.2) is 36.2 Å². The summed E-state index contributed by atoms with van der Waals surface area (Å²) in [7, 11) is 0. The number of carbonyl (C=O) groups excluding carboxylic acids is 1. The van der Waals surface area contributed by atoms with Crippen molar-refractivity contribution < 1.29 is 14.3 Å². The van der Waals surface area contributed by atoms with Crippen molar-refractivity contribution in [2.45, 2.75) is 58.6 Å². The van der Waals surface area contributed by atoms with Crippen LogP contribution in [0.4, 0.5) is 4.79 Å². The van der Waals surface area contributed by atoms with Gasteiger partial charge in [-0.3, -0.25) is 4.90 Å². The molecule has 1 aromatic rings. The van der Waals surface area contributed by atoms with E-state index in [0.29, 0.717) is 13.0 Å². The first-order chi connectivity index (χ1) is 11.9. The molecule has 1 N–H and O–H groups in total. The molecule has 1 aliphatic rings. The summed E-state index contributed by atoms with van der Waals surface area (Å²) in [5, 5.41) is 4.76. The van der Waals surface area contributed by atoms with Gasteiger partial charge in [-0.2, -0.15) is 0 Å². The van der Waals surface area contributed by atoms with E-state index in [2.05, 4.69) is 16.3 Å². The third kappa shape index (κ3) is 8.40. The highest BCUT2D eigenvalue weighted by Gasteiger charge is 2.15. The molecular weight excluding hydrogens is 336 g/mol. The Labute approximate surface area is 155 Å². The van der Waals surface area contributed by atoms with Crippen LogP contribution in [0.25, 0.3) is 0 Å². The van der Waals surface area contributed by atoms with E-state index in [4.69, 9.17) is 9.47 Å². The Morgan fingerprint density at radius 3 is 2.80 bits per heavy atom. The number of carbonyl (C=O) groups is 1. The minimum Gasteiger partial charge on any atom is -0.464 e. The lowest BCUT2D eigenvalue weighted by Crippen LogP contribution is -2.32. The summed E-state index contributed by atoms with van der Waals surface area (Å²) in [6, 6.07) is 2.11. The van der Waals surface area contributed by atoms with Gasteiger partial charge in [0.2, 0.25) is 0 Å². The summed E-state index contributed by atoms with van der Waals surface area (Å²) >= 11 is 1.75. The van der Waals surface area contributed by atoms with Crippen molar-refractivity contribution in [2.75, 3.05) is 19.6 Å². The fraction of sp³-hybridized carbons (Fsp3) is 0.632. The van der Waals surface area contributed by atoms with Gasteiger partial charge < -0.3 is 14.8 Å². The highest BCUT2D eigenvalue weighted by molar-refractivity contribution is 7.10. The van der Waals surface area contributed by atoms with E-state index in [1.54, 1.807) is 17.6 Å². The van der Waals surface area contributed by atoms with E-state index >= 15 is 0 Å². The predicted octanol–water partition coefficient (Wildman–Crippen LogP) is 4.54. The Morgan fingerprint density at radius 1 is 1.32 bits per heavy atom. The van der Waals surface area contributed by atoms with Gasteiger partial charge in [-0.1, -0.05) is 6.42 Å². The summed E-state index contributed by atoms with van der Waals surface area (Å²) in [6.07, 6.45) is 7.89. The Morgan fingerprint density at radius 2 is 2.08 bits per heavy atom. The van der Waals surface area contributed by atoms with E-state index in [9.17, 15) is 4.79 Å². The van der Waals surface area contributed by atoms with Crippen molar-refractivity contribution in [2.24, 2.45) is 0 Å². The van der Waals surface area contributed by atoms with Crippen molar-refractivity contribution in [3.63, 3.8) is 0 Å². The molecule has 1 saturated heterocycles. The van der Waals surface area contributed by atoms with E-state index in [-0.39, 0.29) is 6.09 Å². The lowest BCUT2D eigenvalue weighted by Gasteiger charge is -2.25. The maximum Gasteiger partial charge on any atom is 0.407 e. The number of nitrogens with zero attached hydrogens (tertiary/aromatic N) is 1. The van der Waals surface area contributed by atoms with Gasteiger partial charge in [0.05, 0.1) is 6.26 Å². The first-order valence-electron chi connectivity index (χ1n) is 9.01. The second-order valence-electron chi connectivity index (χ2n) is 7.29. The molecule has 1 aliphatic heterocycles. The van der Waals surface area contributed by atoms with Gasteiger partial charge >= 0.3 is 6.09 Å². The van der Waals surface area contributed by atoms with Gasteiger partial charge in [-0.25, -0.2) is 4.79 Å². The van der Waals surface area contributed by atoms with Crippen LogP contribution in [0.2, 0.25) is 0 Å². The molecule has 6 heteroatoms. The first-order valence-corrected chi connectivity index (χ1v) is 9.89. The van der Waals surface area contributed by atoms with E-state index in [1.807, 2.05) is 32.2 Å². The molecule has 1 fully saturated rings. The number of alkyl carbamates (subject to hydrolysis) is 1. The molecule has 25 heavy (non-hydrogen) atoms. The van der Waals surface area contributed by atoms with E-state index in [0.717, 1.165) is 12.3 Å². The molecule has 0 saturated carbocycles. The van der Waals surface area contributed by atoms with Crippen LogP contribution in [0.5, 0.6) is 5.75 Å². The topological polar surface area (TPSA) is 50.8 Å². The number of piperidine rings is 1. The highest BCUT2D eigenvalue weighted by atomic mass is 32.1.